The zero-order valence-electron chi connectivity index (χ0n) is 20.4. The van der Waals surface area contributed by atoms with E-state index in [0.717, 1.165) is 35.4 Å². The van der Waals surface area contributed by atoms with Crippen molar-refractivity contribution in [3.63, 3.8) is 0 Å². The van der Waals surface area contributed by atoms with Crippen LogP contribution in [0.3, 0.4) is 0 Å². The average Bonchev–Trinajstić information content (AvgIpc) is 2.90. The molecule has 178 valence electrons. The van der Waals surface area contributed by atoms with Crippen molar-refractivity contribution in [1.29, 1.82) is 0 Å². The summed E-state index contributed by atoms with van der Waals surface area (Å²) in [5.74, 6) is 0.687. The van der Waals surface area contributed by atoms with Crippen molar-refractivity contribution in [2.45, 2.75) is 26.9 Å². The first-order chi connectivity index (χ1) is 17.0. The number of ether oxygens (including phenoxy) is 1. The molecule has 0 unspecified atom stereocenters. The van der Waals surface area contributed by atoms with E-state index in [9.17, 15) is 4.79 Å². The molecule has 0 N–H and O–H groups in total. The van der Waals surface area contributed by atoms with Gasteiger partial charge in [-0.15, -0.1) is 0 Å². The summed E-state index contributed by atoms with van der Waals surface area (Å²) in [5, 5.41) is 0. The minimum Gasteiger partial charge on any atom is -0.481 e. The molecule has 0 bridgehead atoms. The van der Waals surface area contributed by atoms with Gasteiger partial charge in [0.15, 0.2) is 6.10 Å². The van der Waals surface area contributed by atoms with Crippen LogP contribution >= 0.6 is 0 Å². The Hall–Kier alpha value is -3.93. The van der Waals surface area contributed by atoms with Crippen LogP contribution in [0.15, 0.2) is 72.9 Å². The van der Waals surface area contributed by atoms with Crippen LogP contribution in [0, 0.1) is 13.8 Å². The van der Waals surface area contributed by atoms with E-state index in [1.165, 1.54) is 16.8 Å². The molecule has 1 atom stereocenters. The standard InChI is InChI=1S/C29H30N4O2/c1-20-8-9-21(2)28(18-20)32-14-16-33(17-15-32)29(34)22(3)35-24-12-10-23(11-13-24)27-19-30-25-6-4-5-7-26(25)31-27/h4-13,18-19,22H,14-17H2,1-3H3/t22-/m1/s1. The van der Waals surface area contributed by atoms with Crippen molar-refractivity contribution < 1.29 is 9.53 Å². The van der Waals surface area contributed by atoms with E-state index in [0.29, 0.717) is 18.8 Å². The number of amides is 1. The SMILES string of the molecule is Cc1ccc(C)c(N2CCN(C(=O)[C@@H](C)Oc3ccc(-c4cnc5ccccc5n4)cc3)CC2)c1. The molecule has 6 heteroatoms. The highest BCUT2D eigenvalue weighted by Gasteiger charge is 2.26. The molecule has 6 nitrogen and oxygen atoms in total. The molecule has 1 aliphatic heterocycles. The zero-order valence-corrected chi connectivity index (χ0v) is 20.4. The fraction of sp³-hybridized carbons (Fsp3) is 0.276. The van der Waals surface area contributed by atoms with Crippen LogP contribution in [-0.4, -0.2) is 53.1 Å². The molecule has 0 spiro atoms. The lowest BCUT2D eigenvalue weighted by Crippen LogP contribution is -2.52. The number of aryl methyl sites for hydroxylation is 2. The van der Waals surface area contributed by atoms with Gasteiger partial charge in [0.25, 0.3) is 5.91 Å². The smallest absolute Gasteiger partial charge is 0.263 e. The predicted octanol–water partition coefficient (Wildman–Crippen LogP) is 5.03. The molecule has 1 aliphatic rings. The summed E-state index contributed by atoms with van der Waals surface area (Å²) in [6, 6.07) is 22.0. The molecule has 1 aromatic heterocycles. The summed E-state index contributed by atoms with van der Waals surface area (Å²) in [5.41, 5.74) is 7.28. The van der Waals surface area contributed by atoms with Crippen molar-refractivity contribution in [2.24, 2.45) is 0 Å². The van der Waals surface area contributed by atoms with Crippen molar-refractivity contribution in [3.05, 3.63) is 84.1 Å². The van der Waals surface area contributed by atoms with Gasteiger partial charge in [0.05, 0.1) is 22.9 Å². The largest absolute Gasteiger partial charge is 0.481 e. The van der Waals surface area contributed by atoms with E-state index in [1.54, 1.807) is 6.20 Å². The number of benzene rings is 3. The number of nitrogens with zero attached hydrogens (tertiary/aromatic N) is 4. The lowest BCUT2D eigenvalue weighted by Gasteiger charge is -2.37. The first-order valence-corrected chi connectivity index (χ1v) is 12.1. The molecule has 5 rings (SSSR count). The van der Waals surface area contributed by atoms with Gasteiger partial charge in [0, 0.05) is 37.4 Å². The van der Waals surface area contributed by atoms with E-state index in [-0.39, 0.29) is 5.91 Å². The number of carbonyl (C=O) groups excluding carboxylic acids is 1. The summed E-state index contributed by atoms with van der Waals surface area (Å²) in [4.78, 5) is 26.5. The van der Waals surface area contributed by atoms with Crippen LogP contribution in [0.4, 0.5) is 5.69 Å². The Morgan fingerprint density at radius 1 is 0.914 bits per heavy atom. The highest BCUT2D eigenvalue weighted by molar-refractivity contribution is 5.81. The van der Waals surface area contributed by atoms with Crippen LogP contribution < -0.4 is 9.64 Å². The molecule has 0 radical (unpaired) electrons. The summed E-state index contributed by atoms with van der Waals surface area (Å²) in [6.45, 7) is 9.11. The molecule has 2 heterocycles. The topological polar surface area (TPSA) is 58.6 Å². The number of para-hydroxylation sites is 2. The van der Waals surface area contributed by atoms with E-state index < -0.39 is 6.10 Å². The maximum absolute atomic E-state index is 13.0. The van der Waals surface area contributed by atoms with Crippen LogP contribution in [0.1, 0.15) is 18.1 Å². The minimum absolute atomic E-state index is 0.0232. The van der Waals surface area contributed by atoms with Gasteiger partial charge in [0.1, 0.15) is 5.75 Å². The van der Waals surface area contributed by atoms with E-state index in [1.807, 2.05) is 60.4 Å². The Kier molecular flexibility index (Phi) is 6.36. The Labute approximate surface area is 206 Å². The fourth-order valence-electron chi connectivity index (χ4n) is 4.54. The third-order valence-electron chi connectivity index (χ3n) is 6.56. The van der Waals surface area contributed by atoms with Gasteiger partial charge in [-0.25, -0.2) is 4.98 Å². The van der Waals surface area contributed by atoms with Gasteiger partial charge in [-0.2, -0.15) is 0 Å². The Balaban J connectivity index is 1.19. The highest BCUT2D eigenvalue weighted by atomic mass is 16.5. The van der Waals surface area contributed by atoms with Crippen molar-refractivity contribution in [1.82, 2.24) is 14.9 Å². The third-order valence-corrected chi connectivity index (χ3v) is 6.56. The summed E-state index contributed by atoms with van der Waals surface area (Å²) < 4.78 is 6.00. The maximum Gasteiger partial charge on any atom is 0.263 e. The molecule has 0 aliphatic carbocycles. The number of hydrogen-bond acceptors (Lipinski definition) is 5. The predicted molar refractivity (Wildman–Crippen MR) is 140 cm³/mol. The number of anilines is 1. The average molecular weight is 467 g/mol. The first kappa shape index (κ1) is 22.8. The molecule has 0 saturated carbocycles. The second-order valence-corrected chi connectivity index (χ2v) is 9.13. The summed E-state index contributed by atoms with van der Waals surface area (Å²) >= 11 is 0. The number of fused-ring (bicyclic) bond motifs is 1. The normalized spacial score (nSPS) is 14.7. The van der Waals surface area contributed by atoms with E-state index >= 15 is 0 Å². The van der Waals surface area contributed by atoms with Crippen molar-refractivity contribution in [2.75, 3.05) is 31.1 Å². The molecular weight excluding hydrogens is 436 g/mol. The molecule has 1 saturated heterocycles. The third kappa shape index (κ3) is 4.97. The van der Waals surface area contributed by atoms with Gasteiger partial charge >= 0.3 is 0 Å². The lowest BCUT2D eigenvalue weighted by molar-refractivity contribution is -0.138. The summed E-state index contributed by atoms with van der Waals surface area (Å²) in [6.07, 6.45) is 1.23. The fourth-order valence-corrected chi connectivity index (χ4v) is 4.54. The summed E-state index contributed by atoms with van der Waals surface area (Å²) in [7, 11) is 0. The number of rotatable bonds is 5. The molecule has 1 amide bonds. The molecular formula is C29H30N4O2. The van der Waals surface area contributed by atoms with Crippen LogP contribution in [0.5, 0.6) is 5.75 Å². The van der Waals surface area contributed by atoms with Gasteiger partial charge in [-0.1, -0.05) is 24.3 Å². The second-order valence-electron chi connectivity index (χ2n) is 9.13. The molecule has 4 aromatic rings. The molecule has 1 fully saturated rings. The van der Waals surface area contributed by atoms with Gasteiger partial charge in [-0.05, 0) is 74.4 Å². The molecule has 35 heavy (non-hydrogen) atoms. The zero-order chi connectivity index (χ0) is 24.4. The maximum atomic E-state index is 13.0. The minimum atomic E-state index is -0.548. The van der Waals surface area contributed by atoms with Gasteiger partial charge in [-0.3, -0.25) is 9.78 Å². The Morgan fingerprint density at radius 2 is 1.63 bits per heavy atom. The number of hydrogen-bond donors (Lipinski definition) is 0. The number of carbonyl (C=O) groups is 1. The number of piperazine rings is 1. The van der Waals surface area contributed by atoms with Crippen LogP contribution in [0.2, 0.25) is 0 Å². The van der Waals surface area contributed by atoms with Crippen LogP contribution in [-0.2, 0) is 4.79 Å². The quantitative estimate of drug-likeness (QED) is 0.413. The van der Waals surface area contributed by atoms with Gasteiger partial charge < -0.3 is 14.5 Å². The van der Waals surface area contributed by atoms with E-state index in [4.69, 9.17) is 9.72 Å². The lowest BCUT2D eigenvalue weighted by atomic mass is 10.1. The molecule has 3 aromatic carbocycles. The van der Waals surface area contributed by atoms with Crippen LogP contribution in [0.25, 0.3) is 22.3 Å². The Morgan fingerprint density at radius 3 is 2.37 bits per heavy atom. The van der Waals surface area contributed by atoms with Crippen molar-refractivity contribution >= 4 is 22.6 Å². The highest BCUT2D eigenvalue weighted by Crippen LogP contribution is 2.25. The first-order valence-electron chi connectivity index (χ1n) is 12.1. The van der Waals surface area contributed by atoms with Gasteiger partial charge in [0.2, 0.25) is 0 Å². The van der Waals surface area contributed by atoms with Crippen molar-refractivity contribution in [3.8, 4) is 17.0 Å². The number of aromatic nitrogens is 2. The van der Waals surface area contributed by atoms with E-state index in [2.05, 4.69) is 41.9 Å². The Bertz CT molecular complexity index is 1340. The monoisotopic (exact) mass is 466 g/mol. The second kappa shape index (κ2) is 9.74.